The Balaban J connectivity index is 0.00000242. The smallest absolute Gasteiger partial charge is 0.227 e. The number of benzene rings is 1. The number of anilines is 1. The van der Waals surface area contributed by atoms with Crippen LogP contribution in [-0.4, -0.2) is 16.9 Å². The summed E-state index contributed by atoms with van der Waals surface area (Å²) in [6, 6.07) is 5.70. The number of nitrogens with two attached hydrogens (primary N) is 1. The lowest BCUT2D eigenvalue weighted by atomic mass is 10.1. The highest BCUT2D eigenvalue weighted by Gasteiger charge is 2.09. The van der Waals surface area contributed by atoms with E-state index in [9.17, 15) is 4.79 Å². The molecule has 0 saturated heterocycles. The molecule has 0 aliphatic rings. The predicted octanol–water partition coefficient (Wildman–Crippen LogP) is 3.79. The van der Waals surface area contributed by atoms with Crippen LogP contribution >= 0.6 is 35.3 Å². The maximum absolute atomic E-state index is 11.6. The van der Waals surface area contributed by atoms with Crippen LogP contribution in [0.4, 0.5) is 5.13 Å². The van der Waals surface area contributed by atoms with E-state index in [1.54, 1.807) is 13.1 Å². The number of nitrogens with zero attached hydrogens (tertiary/aromatic N) is 1. The molecule has 120 valence electrons. The highest BCUT2D eigenvalue weighted by Crippen LogP contribution is 2.24. The lowest BCUT2D eigenvalue weighted by Gasteiger charge is -2.04. The van der Waals surface area contributed by atoms with Crippen LogP contribution < -0.4 is 11.1 Å². The molecule has 1 amide bonds. The SMILES string of the molecule is Cc1cc(Cl)ccc1Cc1cnc(NC(=O)CC(C)N)s1.Cl. The third-order valence-corrected chi connectivity index (χ3v) is 4.12. The van der Waals surface area contributed by atoms with Crippen molar-refractivity contribution in [3.05, 3.63) is 45.4 Å². The summed E-state index contributed by atoms with van der Waals surface area (Å²) in [6.07, 6.45) is 2.87. The lowest BCUT2D eigenvalue weighted by Crippen LogP contribution is -2.23. The average molecular weight is 360 g/mol. The first-order valence-corrected chi connectivity index (χ1v) is 7.88. The van der Waals surface area contributed by atoms with Crippen LogP contribution in [0.25, 0.3) is 0 Å². The quantitative estimate of drug-likeness (QED) is 0.852. The number of nitrogens with one attached hydrogen (secondary N) is 1. The molecule has 1 heterocycles. The third-order valence-electron chi connectivity index (χ3n) is 2.98. The molecule has 0 aliphatic heterocycles. The summed E-state index contributed by atoms with van der Waals surface area (Å²) in [6.45, 7) is 3.84. The van der Waals surface area contributed by atoms with Crippen molar-refractivity contribution >= 4 is 46.4 Å². The number of carbonyl (C=O) groups excluding carboxylic acids is 1. The Bertz CT molecular complexity index is 643. The zero-order chi connectivity index (χ0) is 15.4. The van der Waals surface area contributed by atoms with Crippen LogP contribution in [0.2, 0.25) is 5.02 Å². The minimum absolute atomic E-state index is 0. The first kappa shape index (κ1) is 18.9. The van der Waals surface area contributed by atoms with Crippen molar-refractivity contribution < 1.29 is 4.79 Å². The van der Waals surface area contributed by atoms with E-state index < -0.39 is 0 Å². The number of hydrogen-bond acceptors (Lipinski definition) is 4. The molecule has 0 spiro atoms. The van der Waals surface area contributed by atoms with Crippen molar-refractivity contribution in [2.75, 3.05) is 5.32 Å². The van der Waals surface area contributed by atoms with Crippen molar-refractivity contribution in [1.29, 1.82) is 0 Å². The molecule has 4 nitrogen and oxygen atoms in total. The molecule has 0 aliphatic carbocycles. The van der Waals surface area contributed by atoms with Crippen molar-refractivity contribution in [2.45, 2.75) is 32.7 Å². The number of amides is 1. The van der Waals surface area contributed by atoms with Crippen LogP contribution in [0.3, 0.4) is 0 Å². The highest BCUT2D eigenvalue weighted by molar-refractivity contribution is 7.15. The molecular weight excluding hydrogens is 341 g/mol. The highest BCUT2D eigenvalue weighted by atomic mass is 35.5. The lowest BCUT2D eigenvalue weighted by molar-refractivity contribution is -0.116. The Kier molecular flexibility index (Phi) is 7.29. The van der Waals surface area contributed by atoms with E-state index in [-0.39, 0.29) is 24.4 Å². The van der Waals surface area contributed by atoms with Crippen LogP contribution in [0.1, 0.15) is 29.3 Å². The molecule has 22 heavy (non-hydrogen) atoms. The van der Waals surface area contributed by atoms with Gasteiger partial charge < -0.3 is 11.1 Å². The molecule has 1 aromatic carbocycles. The maximum atomic E-state index is 11.6. The topological polar surface area (TPSA) is 68.0 Å². The summed E-state index contributed by atoms with van der Waals surface area (Å²) in [7, 11) is 0. The van der Waals surface area contributed by atoms with E-state index in [1.165, 1.54) is 16.9 Å². The van der Waals surface area contributed by atoms with E-state index in [0.717, 1.165) is 21.9 Å². The van der Waals surface area contributed by atoms with Crippen LogP contribution in [0.15, 0.2) is 24.4 Å². The summed E-state index contributed by atoms with van der Waals surface area (Å²) in [5, 5.41) is 4.12. The first-order valence-electron chi connectivity index (χ1n) is 6.69. The van der Waals surface area contributed by atoms with Crippen LogP contribution in [-0.2, 0) is 11.2 Å². The van der Waals surface area contributed by atoms with Crippen LogP contribution in [0, 0.1) is 6.92 Å². The molecule has 1 aromatic heterocycles. The number of aromatic nitrogens is 1. The van der Waals surface area contributed by atoms with Gasteiger partial charge in [-0.05, 0) is 37.1 Å². The van der Waals surface area contributed by atoms with Gasteiger partial charge in [0.25, 0.3) is 0 Å². The molecule has 0 fully saturated rings. The predicted molar refractivity (Wildman–Crippen MR) is 95.3 cm³/mol. The van der Waals surface area contributed by atoms with Crippen LogP contribution in [0.5, 0.6) is 0 Å². The van der Waals surface area contributed by atoms with Gasteiger partial charge in [-0.15, -0.1) is 23.7 Å². The van der Waals surface area contributed by atoms with Gasteiger partial charge in [-0.25, -0.2) is 4.98 Å². The van der Waals surface area contributed by atoms with E-state index in [1.807, 2.05) is 25.1 Å². The van der Waals surface area contributed by atoms with Gasteiger partial charge in [0.1, 0.15) is 0 Å². The van der Waals surface area contributed by atoms with Crippen molar-refractivity contribution in [1.82, 2.24) is 4.98 Å². The van der Waals surface area contributed by atoms with Gasteiger partial charge in [0.15, 0.2) is 5.13 Å². The summed E-state index contributed by atoms with van der Waals surface area (Å²) in [5.41, 5.74) is 7.95. The van der Waals surface area contributed by atoms with Gasteiger partial charge in [-0.3, -0.25) is 4.79 Å². The van der Waals surface area contributed by atoms with Crippen molar-refractivity contribution in [3.8, 4) is 0 Å². The average Bonchev–Trinajstić information content (AvgIpc) is 2.79. The number of rotatable bonds is 5. The van der Waals surface area contributed by atoms with Gasteiger partial charge in [0.05, 0.1) is 0 Å². The molecule has 7 heteroatoms. The fourth-order valence-corrected chi connectivity index (χ4v) is 3.03. The van der Waals surface area contributed by atoms with Gasteiger partial charge in [0, 0.05) is 35.0 Å². The standard InChI is InChI=1S/C15H18ClN3OS.ClH/c1-9-5-12(16)4-3-11(9)7-13-8-18-15(21-13)19-14(20)6-10(2)17;/h3-5,8,10H,6-7,17H2,1-2H3,(H,18,19,20);1H. The van der Waals surface area contributed by atoms with E-state index >= 15 is 0 Å². The van der Waals surface area contributed by atoms with E-state index in [0.29, 0.717) is 11.6 Å². The van der Waals surface area contributed by atoms with Gasteiger partial charge >= 0.3 is 0 Å². The minimum Gasteiger partial charge on any atom is -0.327 e. The Hall–Kier alpha value is -1.14. The molecule has 2 aromatic rings. The fourth-order valence-electron chi connectivity index (χ4n) is 1.96. The summed E-state index contributed by atoms with van der Waals surface area (Å²) in [5.74, 6) is -0.103. The summed E-state index contributed by atoms with van der Waals surface area (Å²) in [4.78, 5) is 17.0. The Morgan fingerprint density at radius 2 is 2.23 bits per heavy atom. The maximum Gasteiger partial charge on any atom is 0.227 e. The monoisotopic (exact) mass is 359 g/mol. The largest absolute Gasteiger partial charge is 0.327 e. The Morgan fingerprint density at radius 1 is 1.50 bits per heavy atom. The third kappa shape index (κ3) is 5.57. The number of carbonyl (C=O) groups is 1. The summed E-state index contributed by atoms with van der Waals surface area (Å²) < 4.78 is 0. The fraction of sp³-hybridized carbons (Fsp3) is 0.333. The van der Waals surface area contributed by atoms with Gasteiger partial charge in [-0.1, -0.05) is 17.7 Å². The number of hydrogen-bond donors (Lipinski definition) is 2. The summed E-state index contributed by atoms with van der Waals surface area (Å²) >= 11 is 7.43. The molecule has 1 atom stereocenters. The molecule has 2 rings (SSSR count). The molecular formula is C15H19Cl2N3OS. The molecule has 1 unspecified atom stereocenters. The second-order valence-electron chi connectivity index (χ2n) is 5.11. The first-order chi connectivity index (χ1) is 9.94. The normalized spacial score (nSPS) is 11.6. The minimum atomic E-state index is -0.152. The Morgan fingerprint density at radius 3 is 2.86 bits per heavy atom. The number of halogens is 2. The number of aryl methyl sites for hydroxylation is 1. The van der Waals surface area contributed by atoms with Crippen molar-refractivity contribution in [3.63, 3.8) is 0 Å². The van der Waals surface area contributed by atoms with Gasteiger partial charge in [0.2, 0.25) is 5.91 Å². The molecule has 0 radical (unpaired) electrons. The zero-order valence-electron chi connectivity index (χ0n) is 12.4. The van der Waals surface area contributed by atoms with Crippen molar-refractivity contribution in [2.24, 2.45) is 5.73 Å². The molecule has 3 N–H and O–H groups in total. The van der Waals surface area contributed by atoms with E-state index in [2.05, 4.69) is 10.3 Å². The molecule has 0 bridgehead atoms. The zero-order valence-corrected chi connectivity index (χ0v) is 14.8. The number of thiazole rings is 1. The Labute approximate surface area is 145 Å². The second-order valence-corrected chi connectivity index (χ2v) is 6.66. The molecule has 0 saturated carbocycles. The van der Waals surface area contributed by atoms with Gasteiger partial charge in [-0.2, -0.15) is 0 Å². The second kappa shape index (κ2) is 8.48. The van der Waals surface area contributed by atoms with E-state index in [4.69, 9.17) is 17.3 Å².